The van der Waals surface area contributed by atoms with Crippen LogP contribution in [-0.2, 0) is 22.6 Å². The molecular formula is C18H25N5O2. The molecule has 0 bridgehead atoms. The summed E-state index contributed by atoms with van der Waals surface area (Å²) in [6.45, 7) is 5.31. The van der Waals surface area contributed by atoms with Gasteiger partial charge in [-0.2, -0.15) is 0 Å². The van der Waals surface area contributed by atoms with E-state index in [0.717, 1.165) is 43.3 Å². The van der Waals surface area contributed by atoms with Crippen molar-refractivity contribution in [1.82, 2.24) is 20.2 Å². The Hall–Kier alpha value is -2.18. The molecule has 3 aliphatic rings. The maximum atomic E-state index is 12.6. The zero-order chi connectivity index (χ0) is 17.4. The molecule has 0 unspecified atom stereocenters. The Labute approximate surface area is 147 Å². The maximum absolute atomic E-state index is 12.6. The van der Waals surface area contributed by atoms with Gasteiger partial charge in [0.15, 0.2) is 0 Å². The van der Waals surface area contributed by atoms with Gasteiger partial charge in [-0.25, -0.2) is 9.97 Å². The van der Waals surface area contributed by atoms with Gasteiger partial charge >= 0.3 is 0 Å². The molecule has 134 valence electrons. The van der Waals surface area contributed by atoms with Crippen LogP contribution in [0.4, 0.5) is 5.82 Å². The number of carbonyl (C=O) groups is 2. The molecule has 7 heteroatoms. The molecule has 1 aromatic rings. The Morgan fingerprint density at radius 1 is 1.20 bits per heavy atom. The second-order valence-electron chi connectivity index (χ2n) is 7.29. The minimum atomic E-state index is -0.00584. The van der Waals surface area contributed by atoms with E-state index in [-0.39, 0.29) is 17.9 Å². The monoisotopic (exact) mass is 343 g/mol. The molecule has 3 aliphatic heterocycles. The van der Waals surface area contributed by atoms with Crippen molar-refractivity contribution in [3.05, 3.63) is 17.1 Å². The summed E-state index contributed by atoms with van der Waals surface area (Å²) in [5.74, 6) is 2.02. The van der Waals surface area contributed by atoms with E-state index in [1.165, 1.54) is 18.4 Å². The van der Waals surface area contributed by atoms with Crippen molar-refractivity contribution in [3.63, 3.8) is 0 Å². The van der Waals surface area contributed by atoms with Crippen LogP contribution in [0.25, 0.3) is 0 Å². The molecule has 25 heavy (non-hydrogen) atoms. The van der Waals surface area contributed by atoms with E-state index in [2.05, 4.69) is 15.2 Å². The molecule has 1 N–H and O–H groups in total. The van der Waals surface area contributed by atoms with Gasteiger partial charge in [-0.3, -0.25) is 9.59 Å². The van der Waals surface area contributed by atoms with Gasteiger partial charge in [-0.05, 0) is 32.6 Å². The van der Waals surface area contributed by atoms with Gasteiger partial charge in [-0.1, -0.05) is 0 Å². The fourth-order valence-corrected chi connectivity index (χ4v) is 4.10. The second kappa shape index (κ2) is 6.61. The lowest BCUT2D eigenvalue weighted by atomic mass is 10.0. The predicted molar refractivity (Wildman–Crippen MR) is 93.1 cm³/mol. The molecule has 4 rings (SSSR count). The molecule has 0 aromatic carbocycles. The van der Waals surface area contributed by atoms with Crippen LogP contribution in [0, 0.1) is 6.92 Å². The third-order valence-corrected chi connectivity index (χ3v) is 5.42. The number of rotatable bonds is 3. The van der Waals surface area contributed by atoms with Gasteiger partial charge in [0.05, 0.1) is 12.2 Å². The normalized spacial score (nSPS) is 22.9. The van der Waals surface area contributed by atoms with Crippen LogP contribution in [0.3, 0.4) is 0 Å². The number of nitrogens with one attached hydrogen (secondary N) is 1. The van der Waals surface area contributed by atoms with Crippen LogP contribution < -0.4 is 10.2 Å². The van der Waals surface area contributed by atoms with Gasteiger partial charge in [-0.15, -0.1) is 0 Å². The highest BCUT2D eigenvalue weighted by Crippen LogP contribution is 2.29. The highest BCUT2D eigenvalue weighted by Gasteiger charge is 2.30. The number of aromatic nitrogens is 2. The average Bonchev–Trinajstić information content (AvgIpc) is 3.25. The molecule has 0 spiro atoms. The van der Waals surface area contributed by atoms with E-state index in [9.17, 15) is 9.59 Å². The second-order valence-corrected chi connectivity index (χ2v) is 7.29. The molecule has 2 amide bonds. The average molecular weight is 343 g/mol. The molecular weight excluding hydrogens is 318 g/mol. The quantitative estimate of drug-likeness (QED) is 0.884. The number of hydrogen-bond acceptors (Lipinski definition) is 5. The van der Waals surface area contributed by atoms with E-state index in [4.69, 9.17) is 4.98 Å². The van der Waals surface area contributed by atoms with E-state index < -0.39 is 0 Å². The molecule has 7 nitrogen and oxygen atoms in total. The van der Waals surface area contributed by atoms with Gasteiger partial charge in [0.1, 0.15) is 11.6 Å². The zero-order valence-corrected chi connectivity index (χ0v) is 14.8. The van der Waals surface area contributed by atoms with Gasteiger partial charge in [0.25, 0.3) is 0 Å². The van der Waals surface area contributed by atoms with Crippen molar-refractivity contribution >= 4 is 17.6 Å². The fraction of sp³-hybridized carbons (Fsp3) is 0.667. The van der Waals surface area contributed by atoms with Crippen LogP contribution >= 0.6 is 0 Å². The topological polar surface area (TPSA) is 78.4 Å². The first-order valence-electron chi connectivity index (χ1n) is 9.28. The molecule has 1 aromatic heterocycles. The summed E-state index contributed by atoms with van der Waals surface area (Å²) in [6.07, 6.45) is 4.93. The summed E-state index contributed by atoms with van der Waals surface area (Å²) in [6, 6.07) is -0.00584. The SMILES string of the molecule is Cc1nc2c(c(N3CCCC3)n1)CCN(C(=O)C[C@H]1CCC(=O)N1)C2. The first kappa shape index (κ1) is 16.3. The highest BCUT2D eigenvalue weighted by molar-refractivity contribution is 5.82. The Balaban J connectivity index is 1.49. The van der Waals surface area contributed by atoms with E-state index in [1.54, 1.807) is 0 Å². The lowest BCUT2D eigenvalue weighted by Crippen LogP contribution is -2.40. The summed E-state index contributed by atoms with van der Waals surface area (Å²) in [4.78, 5) is 37.5. The third kappa shape index (κ3) is 3.32. The Morgan fingerprint density at radius 3 is 2.72 bits per heavy atom. The predicted octanol–water partition coefficient (Wildman–Crippen LogP) is 0.939. The molecule has 1 atom stereocenters. The summed E-state index contributed by atoms with van der Waals surface area (Å²) < 4.78 is 0. The van der Waals surface area contributed by atoms with E-state index in [0.29, 0.717) is 25.9 Å². The van der Waals surface area contributed by atoms with Crippen LogP contribution in [0.15, 0.2) is 0 Å². The van der Waals surface area contributed by atoms with Crippen molar-refractivity contribution in [1.29, 1.82) is 0 Å². The first-order valence-corrected chi connectivity index (χ1v) is 9.28. The van der Waals surface area contributed by atoms with Crippen LogP contribution in [0.5, 0.6) is 0 Å². The zero-order valence-electron chi connectivity index (χ0n) is 14.8. The summed E-state index contributed by atoms with van der Waals surface area (Å²) in [5, 5.41) is 2.88. The van der Waals surface area contributed by atoms with Crippen molar-refractivity contribution in [3.8, 4) is 0 Å². The van der Waals surface area contributed by atoms with Gasteiger partial charge in [0, 0.05) is 44.1 Å². The highest BCUT2D eigenvalue weighted by atomic mass is 16.2. The van der Waals surface area contributed by atoms with Crippen molar-refractivity contribution < 1.29 is 9.59 Å². The standard InChI is InChI=1S/C18H25N5O2/c1-12-19-15-11-23(17(25)10-13-4-5-16(24)21-13)9-6-14(15)18(20-12)22-7-2-3-8-22/h13H,2-11H2,1H3,(H,21,24)/t13-/m1/s1. The number of aryl methyl sites for hydroxylation is 1. The number of carbonyl (C=O) groups excluding carboxylic acids is 2. The third-order valence-electron chi connectivity index (χ3n) is 5.42. The minimum absolute atomic E-state index is 0.00584. The number of fused-ring (bicyclic) bond motifs is 1. The summed E-state index contributed by atoms with van der Waals surface area (Å²) >= 11 is 0. The maximum Gasteiger partial charge on any atom is 0.224 e. The lowest BCUT2D eigenvalue weighted by molar-refractivity contribution is -0.132. The Morgan fingerprint density at radius 2 is 2.00 bits per heavy atom. The largest absolute Gasteiger partial charge is 0.356 e. The van der Waals surface area contributed by atoms with Crippen LogP contribution in [-0.4, -0.2) is 52.4 Å². The minimum Gasteiger partial charge on any atom is -0.356 e. The van der Waals surface area contributed by atoms with Crippen LogP contribution in [0.2, 0.25) is 0 Å². The smallest absolute Gasteiger partial charge is 0.224 e. The van der Waals surface area contributed by atoms with Crippen molar-refractivity contribution in [2.24, 2.45) is 0 Å². The van der Waals surface area contributed by atoms with Crippen molar-refractivity contribution in [2.75, 3.05) is 24.5 Å². The Kier molecular flexibility index (Phi) is 4.31. The molecule has 2 fully saturated rings. The fourth-order valence-electron chi connectivity index (χ4n) is 4.10. The van der Waals surface area contributed by atoms with E-state index in [1.807, 2.05) is 11.8 Å². The van der Waals surface area contributed by atoms with Crippen molar-refractivity contribution in [2.45, 2.75) is 58.0 Å². The summed E-state index contributed by atoms with van der Waals surface area (Å²) in [7, 11) is 0. The molecule has 2 saturated heterocycles. The molecule has 0 aliphatic carbocycles. The van der Waals surface area contributed by atoms with Gasteiger partial charge < -0.3 is 15.1 Å². The number of nitrogens with zero attached hydrogens (tertiary/aromatic N) is 4. The number of amides is 2. The molecule has 0 radical (unpaired) electrons. The van der Waals surface area contributed by atoms with Crippen LogP contribution in [0.1, 0.15) is 49.2 Å². The molecule has 0 saturated carbocycles. The van der Waals surface area contributed by atoms with E-state index >= 15 is 0 Å². The lowest BCUT2D eigenvalue weighted by Gasteiger charge is -2.31. The molecule has 4 heterocycles. The first-order chi connectivity index (χ1) is 12.1. The van der Waals surface area contributed by atoms with Gasteiger partial charge in [0.2, 0.25) is 11.8 Å². The Bertz CT molecular complexity index is 699. The summed E-state index contributed by atoms with van der Waals surface area (Å²) in [5.41, 5.74) is 2.20. The number of anilines is 1. The number of hydrogen-bond donors (Lipinski definition) is 1.